The fourth-order valence-corrected chi connectivity index (χ4v) is 5.52. The van der Waals surface area contributed by atoms with Crippen LogP contribution in [0.25, 0.3) is 0 Å². The maximum absolute atomic E-state index is 14.6. The minimum Gasteiger partial charge on any atom is -0.497 e. The summed E-state index contributed by atoms with van der Waals surface area (Å²) in [5.41, 5.74) is 3.86. The number of rotatable bonds is 9. The van der Waals surface area contributed by atoms with E-state index in [0.29, 0.717) is 25.9 Å². The molecule has 5 rings (SSSR count). The summed E-state index contributed by atoms with van der Waals surface area (Å²) in [5.74, 6) is 0.736. The van der Waals surface area contributed by atoms with Crippen molar-refractivity contribution >= 4 is 6.03 Å². The average molecular weight is 537 g/mol. The van der Waals surface area contributed by atoms with Gasteiger partial charge < -0.3 is 24.7 Å². The quantitative estimate of drug-likeness (QED) is 0.313. The summed E-state index contributed by atoms with van der Waals surface area (Å²) in [4.78, 5) is 18.0. The van der Waals surface area contributed by atoms with Gasteiger partial charge in [0, 0.05) is 13.1 Å². The number of hydrogen-bond acceptors (Lipinski definition) is 4. The Hall–Kier alpha value is -4.13. The first-order valence-electron chi connectivity index (χ1n) is 13.7. The van der Waals surface area contributed by atoms with Crippen molar-refractivity contribution in [2.24, 2.45) is 0 Å². The van der Waals surface area contributed by atoms with E-state index in [0.717, 1.165) is 28.0 Å². The van der Waals surface area contributed by atoms with Gasteiger partial charge in [-0.1, -0.05) is 103 Å². The van der Waals surface area contributed by atoms with Gasteiger partial charge in [-0.25, -0.2) is 4.79 Å². The molecule has 0 aliphatic carbocycles. The summed E-state index contributed by atoms with van der Waals surface area (Å²) >= 11 is 0. The minimum absolute atomic E-state index is 0.206. The van der Waals surface area contributed by atoms with Crippen LogP contribution in [-0.2, 0) is 25.9 Å². The second-order valence-electron chi connectivity index (χ2n) is 10.4. The zero-order valence-electron chi connectivity index (χ0n) is 22.7. The molecule has 0 spiro atoms. The van der Waals surface area contributed by atoms with Crippen LogP contribution >= 0.6 is 0 Å². The topological polar surface area (TPSA) is 73.2 Å². The van der Waals surface area contributed by atoms with Crippen molar-refractivity contribution < 1.29 is 19.7 Å². The highest BCUT2D eigenvalue weighted by molar-refractivity contribution is 5.76. The number of methoxy groups -OCH3 is 1. The number of aliphatic hydroxyl groups excluding tert-OH is 2. The molecule has 4 aromatic rings. The van der Waals surface area contributed by atoms with Crippen molar-refractivity contribution in [3.63, 3.8) is 0 Å². The van der Waals surface area contributed by atoms with Crippen LogP contribution < -0.4 is 4.74 Å². The highest BCUT2D eigenvalue weighted by atomic mass is 16.5. The van der Waals surface area contributed by atoms with E-state index in [2.05, 4.69) is 0 Å². The third-order valence-electron chi connectivity index (χ3n) is 7.71. The Labute approximate surface area is 236 Å². The van der Waals surface area contributed by atoms with Crippen LogP contribution in [0, 0.1) is 0 Å². The lowest BCUT2D eigenvalue weighted by molar-refractivity contribution is -0.0408. The first-order chi connectivity index (χ1) is 19.5. The lowest BCUT2D eigenvalue weighted by Gasteiger charge is -2.36. The van der Waals surface area contributed by atoms with E-state index >= 15 is 0 Å². The summed E-state index contributed by atoms with van der Waals surface area (Å²) in [5, 5.41) is 23.6. The Kier molecular flexibility index (Phi) is 8.79. The third kappa shape index (κ3) is 6.36. The normalized spacial score (nSPS) is 21.2. The molecule has 0 unspecified atom stereocenters. The lowest BCUT2D eigenvalue weighted by atomic mass is 9.91. The zero-order valence-corrected chi connectivity index (χ0v) is 22.7. The molecule has 1 aliphatic heterocycles. The first-order valence-corrected chi connectivity index (χ1v) is 13.7. The van der Waals surface area contributed by atoms with Crippen LogP contribution in [0.15, 0.2) is 115 Å². The van der Waals surface area contributed by atoms with Gasteiger partial charge in [-0.2, -0.15) is 0 Å². The number of ether oxygens (including phenoxy) is 1. The average Bonchev–Trinajstić information content (AvgIpc) is 3.06. The maximum Gasteiger partial charge on any atom is 0.321 e. The van der Waals surface area contributed by atoms with Gasteiger partial charge in [0.25, 0.3) is 0 Å². The largest absolute Gasteiger partial charge is 0.497 e. The van der Waals surface area contributed by atoms with Crippen LogP contribution in [0.1, 0.15) is 22.3 Å². The van der Waals surface area contributed by atoms with E-state index < -0.39 is 24.3 Å². The number of carbonyl (C=O) groups is 1. The van der Waals surface area contributed by atoms with E-state index in [1.165, 1.54) is 0 Å². The Morgan fingerprint density at radius 1 is 0.575 bits per heavy atom. The molecule has 1 saturated heterocycles. The Bertz CT molecular complexity index is 1350. The molecule has 2 amide bonds. The molecule has 0 saturated carbocycles. The molecular formula is C34H36N2O4. The standard InChI is InChI=1S/C34H36N2O4/c1-40-29-19-17-26(18-20-29)22-31-33(38)32(37)30(21-25-11-5-2-6-12-25)35(23-27-13-7-3-8-14-27)34(39)36(31)24-28-15-9-4-10-16-28/h2-20,30-33,37-38H,21-24H2,1H3/t30-,31-,32+,33+/m1/s1. The monoisotopic (exact) mass is 536 g/mol. The molecule has 206 valence electrons. The van der Waals surface area contributed by atoms with Gasteiger partial charge in [0.2, 0.25) is 0 Å². The fraction of sp³-hybridized carbons (Fsp3) is 0.265. The van der Waals surface area contributed by atoms with E-state index in [-0.39, 0.29) is 6.03 Å². The van der Waals surface area contributed by atoms with Gasteiger partial charge in [0.15, 0.2) is 0 Å². The van der Waals surface area contributed by atoms with Crippen molar-refractivity contribution in [3.05, 3.63) is 138 Å². The first kappa shape index (κ1) is 27.4. The number of aliphatic hydroxyl groups is 2. The number of hydrogen-bond donors (Lipinski definition) is 2. The number of benzene rings is 4. The van der Waals surface area contributed by atoms with Crippen LogP contribution in [-0.4, -0.2) is 57.4 Å². The number of amides is 2. The summed E-state index contributed by atoms with van der Waals surface area (Å²) in [6.07, 6.45) is -1.51. The molecule has 0 bridgehead atoms. The van der Waals surface area contributed by atoms with Crippen LogP contribution in [0.2, 0.25) is 0 Å². The molecular weight excluding hydrogens is 500 g/mol. The van der Waals surface area contributed by atoms with Gasteiger partial charge in [-0.05, 0) is 47.2 Å². The second-order valence-corrected chi connectivity index (χ2v) is 10.4. The molecule has 40 heavy (non-hydrogen) atoms. The molecule has 1 fully saturated rings. The number of carbonyl (C=O) groups excluding carboxylic acids is 1. The van der Waals surface area contributed by atoms with Crippen molar-refractivity contribution in [2.75, 3.05) is 7.11 Å². The Balaban J connectivity index is 1.56. The number of urea groups is 1. The molecule has 0 radical (unpaired) electrons. The molecule has 6 heteroatoms. The summed E-state index contributed by atoms with van der Waals surface area (Å²) in [6.45, 7) is 0.634. The summed E-state index contributed by atoms with van der Waals surface area (Å²) < 4.78 is 5.32. The van der Waals surface area contributed by atoms with E-state index in [4.69, 9.17) is 4.74 Å². The van der Waals surface area contributed by atoms with E-state index in [9.17, 15) is 15.0 Å². The van der Waals surface area contributed by atoms with Gasteiger partial charge in [-0.15, -0.1) is 0 Å². The van der Waals surface area contributed by atoms with Crippen LogP contribution in [0.5, 0.6) is 5.75 Å². The SMILES string of the molecule is COc1ccc(C[C@@H]2[C@H](O)[C@@H](O)[C@@H](Cc3ccccc3)N(Cc3ccccc3)C(=O)N2Cc2ccccc2)cc1. The highest BCUT2D eigenvalue weighted by Crippen LogP contribution is 2.30. The highest BCUT2D eigenvalue weighted by Gasteiger charge is 2.46. The lowest BCUT2D eigenvalue weighted by Crippen LogP contribution is -2.50. The zero-order chi connectivity index (χ0) is 27.9. The Morgan fingerprint density at radius 3 is 1.35 bits per heavy atom. The van der Waals surface area contributed by atoms with Gasteiger partial charge in [0.05, 0.1) is 19.2 Å². The second kappa shape index (κ2) is 12.8. The van der Waals surface area contributed by atoms with E-state index in [1.807, 2.05) is 115 Å². The summed E-state index contributed by atoms with van der Waals surface area (Å²) in [7, 11) is 1.62. The predicted molar refractivity (Wildman–Crippen MR) is 156 cm³/mol. The molecule has 4 aromatic carbocycles. The molecule has 1 heterocycles. The van der Waals surface area contributed by atoms with Crippen molar-refractivity contribution in [1.29, 1.82) is 0 Å². The smallest absolute Gasteiger partial charge is 0.321 e. The fourth-order valence-electron chi connectivity index (χ4n) is 5.52. The molecule has 2 N–H and O–H groups in total. The van der Waals surface area contributed by atoms with Crippen LogP contribution in [0.4, 0.5) is 4.79 Å². The molecule has 0 aromatic heterocycles. The van der Waals surface area contributed by atoms with Gasteiger partial charge in [-0.3, -0.25) is 0 Å². The third-order valence-corrected chi connectivity index (χ3v) is 7.71. The minimum atomic E-state index is -1.16. The van der Waals surface area contributed by atoms with Gasteiger partial charge >= 0.3 is 6.03 Å². The van der Waals surface area contributed by atoms with Crippen molar-refractivity contribution in [3.8, 4) is 5.75 Å². The van der Waals surface area contributed by atoms with Crippen molar-refractivity contribution in [2.45, 2.75) is 50.2 Å². The molecule has 6 nitrogen and oxygen atoms in total. The number of nitrogens with zero attached hydrogens (tertiary/aromatic N) is 2. The van der Waals surface area contributed by atoms with Gasteiger partial charge in [0.1, 0.15) is 18.0 Å². The maximum atomic E-state index is 14.6. The summed E-state index contributed by atoms with van der Waals surface area (Å²) in [6, 6.07) is 35.6. The Morgan fingerprint density at radius 2 is 0.950 bits per heavy atom. The molecule has 1 aliphatic rings. The van der Waals surface area contributed by atoms with Crippen molar-refractivity contribution in [1.82, 2.24) is 9.80 Å². The predicted octanol–water partition coefficient (Wildman–Crippen LogP) is 5.08. The molecule has 4 atom stereocenters. The van der Waals surface area contributed by atoms with Crippen LogP contribution in [0.3, 0.4) is 0 Å². The van der Waals surface area contributed by atoms with E-state index in [1.54, 1.807) is 16.9 Å².